The Morgan fingerprint density at radius 1 is 1.50 bits per heavy atom. The van der Waals surface area contributed by atoms with Gasteiger partial charge in [-0.2, -0.15) is 0 Å². The number of likely N-dealkylation sites (N-methyl/N-ethyl adjacent to an activating group) is 1. The lowest BCUT2D eigenvalue weighted by molar-refractivity contribution is 0.210. The molecule has 1 fully saturated rings. The second-order valence-corrected chi connectivity index (χ2v) is 5.78. The summed E-state index contributed by atoms with van der Waals surface area (Å²) in [6.45, 7) is 4.95. The summed E-state index contributed by atoms with van der Waals surface area (Å²) in [6, 6.07) is 0.392. The molecule has 100 valence electrons. The Bertz CT molecular complexity index is 474. The first-order valence-corrected chi connectivity index (χ1v) is 6.40. The van der Waals surface area contributed by atoms with E-state index in [0.29, 0.717) is 18.4 Å². The van der Waals surface area contributed by atoms with Crippen molar-refractivity contribution in [2.24, 2.45) is 0 Å². The molecular formula is C13H22N4O. The van der Waals surface area contributed by atoms with Crippen molar-refractivity contribution in [3.63, 3.8) is 0 Å². The average molecular weight is 250 g/mol. The van der Waals surface area contributed by atoms with Crippen LogP contribution in [0.25, 0.3) is 0 Å². The third-order valence-electron chi connectivity index (χ3n) is 3.71. The van der Waals surface area contributed by atoms with Crippen LogP contribution in [-0.2, 0) is 0 Å². The van der Waals surface area contributed by atoms with E-state index in [4.69, 9.17) is 0 Å². The minimum absolute atomic E-state index is 0.00504. The van der Waals surface area contributed by atoms with Crippen molar-refractivity contribution in [1.29, 1.82) is 0 Å². The molecule has 1 heterocycles. The van der Waals surface area contributed by atoms with Gasteiger partial charge in [0.1, 0.15) is 0 Å². The van der Waals surface area contributed by atoms with Crippen molar-refractivity contribution in [3.8, 4) is 0 Å². The molecule has 2 rings (SSSR count). The first-order chi connectivity index (χ1) is 8.42. The fourth-order valence-electron chi connectivity index (χ4n) is 1.64. The van der Waals surface area contributed by atoms with Gasteiger partial charge in [0, 0.05) is 30.5 Å². The molecule has 0 atom stereocenters. The number of nitrogens with one attached hydrogen (secondary N) is 1. The van der Waals surface area contributed by atoms with E-state index in [9.17, 15) is 4.79 Å². The van der Waals surface area contributed by atoms with E-state index in [0.717, 1.165) is 12.8 Å². The van der Waals surface area contributed by atoms with Gasteiger partial charge in [-0.25, -0.2) is 4.98 Å². The molecular weight excluding hydrogens is 228 g/mol. The summed E-state index contributed by atoms with van der Waals surface area (Å²) in [4.78, 5) is 18.4. The molecule has 0 spiro atoms. The lowest BCUT2D eigenvalue weighted by Crippen LogP contribution is -2.45. The largest absolute Gasteiger partial charge is 0.364 e. The summed E-state index contributed by atoms with van der Waals surface area (Å²) in [6.07, 6.45) is 5.69. The molecule has 1 N–H and O–H groups in total. The van der Waals surface area contributed by atoms with Gasteiger partial charge in [-0.3, -0.25) is 4.79 Å². The third-order valence-corrected chi connectivity index (χ3v) is 3.71. The molecule has 5 nitrogen and oxygen atoms in total. The van der Waals surface area contributed by atoms with Crippen molar-refractivity contribution in [3.05, 3.63) is 22.7 Å². The minimum Gasteiger partial charge on any atom is -0.364 e. The number of nitrogens with zero attached hydrogens (tertiary/aromatic N) is 3. The van der Waals surface area contributed by atoms with Crippen LogP contribution < -0.4 is 10.9 Å². The van der Waals surface area contributed by atoms with Crippen LogP contribution in [0.15, 0.2) is 17.2 Å². The summed E-state index contributed by atoms with van der Waals surface area (Å²) in [7, 11) is 4.06. The molecule has 0 bridgehead atoms. The zero-order chi connectivity index (χ0) is 13.3. The van der Waals surface area contributed by atoms with E-state index in [-0.39, 0.29) is 11.1 Å². The Kier molecular flexibility index (Phi) is 3.43. The number of rotatable bonds is 5. The number of anilines is 1. The van der Waals surface area contributed by atoms with E-state index in [1.54, 1.807) is 17.0 Å². The fraction of sp³-hybridized carbons (Fsp3) is 0.692. The molecule has 0 amide bonds. The minimum atomic E-state index is -0.0195. The van der Waals surface area contributed by atoms with Gasteiger partial charge in [-0.1, -0.05) is 0 Å². The van der Waals surface area contributed by atoms with Gasteiger partial charge in [0.05, 0.1) is 0 Å². The highest BCUT2D eigenvalue weighted by molar-refractivity contribution is 5.32. The molecule has 1 aliphatic carbocycles. The van der Waals surface area contributed by atoms with Gasteiger partial charge < -0.3 is 14.8 Å². The monoisotopic (exact) mass is 250 g/mol. The highest BCUT2D eigenvalue weighted by atomic mass is 16.1. The Balaban J connectivity index is 2.10. The third kappa shape index (κ3) is 2.72. The van der Waals surface area contributed by atoms with E-state index in [1.807, 2.05) is 14.1 Å². The van der Waals surface area contributed by atoms with Crippen molar-refractivity contribution < 1.29 is 0 Å². The van der Waals surface area contributed by atoms with Crippen LogP contribution in [0.3, 0.4) is 0 Å². The Labute approximate surface area is 108 Å². The van der Waals surface area contributed by atoms with E-state index in [1.165, 1.54) is 0 Å². The van der Waals surface area contributed by atoms with Crippen LogP contribution in [0.5, 0.6) is 0 Å². The Hall–Kier alpha value is -1.36. The number of aromatic nitrogens is 2. The highest BCUT2D eigenvalue weighted by Gasteiger charge is 2.26. The second kappa shape index (κ2) is 4.72. The summed E-state index contributed by atoms with van der Waals surface area (Å²) < 4.78 is 1.79. The van der Waals surface area contributed by atoms with Crippen molar-refractivity contribution in [2.45, 2.75) is 38.3 Å². The van der Waals surface area contributed by atoms with Crippen LogP contribution in [0.4, 0.5) is 5.82 Å². The molecule has 0 aromatic carbocycles. The smallest absolute Gasteiger partial charge is 0.293 e. The van der Waals surface area contributed by atoms with Gasteiger partial charge in [-0.05, 0) is 40.8 Å². The van der Waals surface area contributed by atoms with Crippen LogP contribution in [-0.4, -0.2) is 40.6 Å². The molecule has 5 heteroatoms. The van der Waals surface area contributed by atoms with E-state index < -0.39 is 0 Å². The maximum Gasteiger partial charge on any atom is 0.293 e. The molecule has 1 saturated carbocycles. The lowest BCUT2D eigenvalue weighted by atomic mass is 10.0. The van der Waals surface area contributed by atoms with Gasteiger partial charge >= 0.3 is 0 Å². The molecule has 0 aliphatic heterocycles. The van der Waals surface area contributed by atoms with Gasteiger partial charge in [-0.15, -0.1) is 0 Å². The molecule has 0 radical (unpaired) electrons. The SMILES string of the molecule is CN(C)C(C)(C)CNc1nccn(C2CC2)c1=O. The van der Waals surface area contributed by atoms with E-state index >= 15 is 0 Å². The molecule has 1 aliphatic rings. The van der Waals surface area contributed by atoms with Crippen LogP contribution >= 0.6 is 0 Å². The number of hydrogen-bond donors (Lipinski definition) is 1. The quantitative estimate of drug-likeness (QED) is 0.856. The standard InChI is InChI=1S/C13H22N4O/c1-13(2,16(3)4)9-15-11-12(18)17(8-7-14-11)10-5-6-10/h7-8,10H,5-6,9H2,1-4H3,(H,14,15). The first-order valence-electron chi connectivity index (χ1n) is 6.40. The predicted octanol–water partition coefficient (Wildman–Crippen LogP) is 1.33. The van der Waals surface area contributed by atoms with Crippen molar-refractivity contribution in [2.75, 3.05) is 26.0 Å². The van der Waals surface area contributed by atoms with Crippen molar-refractivity contribution in [1.82, 2.24) is 14.5 Å². The van der Waals surface area contributed by atoms with Gasteiger partial charge in [0.25, 0.3) is 5.56 Å². The molecule has 0 unspecified atom stereocenters. The average Bonchev–Trinajstić information content (AvgIpc) is 3.11. The Morgan fingerprint density at radius 2 is 2.17 bits per heavy atom. The first kappa shape index (κ1) is 13.1. The zero-order valence-corrected chi connectivity index (χ0v) is 11.6. The second-order valence-electron chi connectivity index (χ2n) is 5.78. The summed E-state index contributed by atoms with van der Waals surface area (Å²) in [5.41, 5.74) is -0.0245. The molecule has 1 aromatic heterocycles. The van der Waals surface area contributed by atoms with Crippen LogP contribution in [0.2, 0.25) is 0 Å². The lowest BCUT2D eigenvalue weighted by Gasteiger charge is -2.32. The predicted molar refractivity (Wildman–Crippen MR) is 73.0 cm³/mol. The maximum absolute atomic E-state index is 12.2. The van der Waals surface area contributed by atoms with Gasteiger partial charge in [0.2, 0.25) is 0 Å². The highest BCUT2D eigenvalue weighted by Crippen LogP contribution is 2.33. The number of hydrogen-bond acceptors (Lipinski definition) is 4. The molecule has 18 heavy (non-hydrogen) atoms. The van der Waals surface area contributed by atoms with E-state index in [2.05, 4.69) is 29.0 Å². The fourth-order valence-corrected chi connectivity index (χ4v) is 1.64. The topological polar surface area (TPSA) is 50.2 Å². The van der Waals surface area contributed by atoms with Gasteiger partial charge in [0.15, 0.2) is 5.82 Å². The zero-order valence-electron chi connectivity index (χ0n) is 11.6. The molecule has 0 saturated heterocycles. The van der Waals surface area contributed by atoms with Crippen molar-refractivity contribution >= 4 is 5.82 Å². The normalized spacial score (nSPS) is 16.1. The summed E-state index contributed by atoms with van der Waals surface area (Å²) in [5, 5.41) is 3.17. The maximum atomic E-state index is 12.2. The molecule has 1 aromatic rings. The van der Waals surface area contributed by atoms with Crippen LogP contribution in [0.1, 0.15) is 32.7 Å². The van der Waals surface area contributed by atoms with Crippen LogP contribution in [0, 0.1) is 0 Å². The Morgan fingerprint density at radius 3 is 2.72 bits per heavy atom. The summed E-state index contributed by atoms with van der Waals surface area (Å²) in [5.74, 6) is 0.458. The summed E-state index contributed by atoms with van der Waals surface area (Å²) >= 11 is 0.